The van der Waals surface area contributed by atoms with Gasteiger partial charge in [-0.05, 0) is 30.9 Å². The molecule has 0 aliphatic heterocycles. The van der Waals surface area contributed by atoms with E-state index in [1.807, 2.05) is 0 Å². The Bertz CT molecular complexity index is 736. The number of nitrogens with one attached hydrogen (secondary N) is 1. The molecule has 1 fully saturated rings. The first kappa shape index (κ1) is 14.8. The molecule has 2 aromatic heterocycles. The smallest absolute Gasteiger partial charge is 0.259 e. The van der Waals surface area contributed by atoms with Crippen LogP contribution in [0.3, 0.4) is 0 Å². The molecule has 0 aromatic carbocycles. The molecule has 1 aliphatic carbocycles. The van der Waals surface area contributed by atoms with Crippen LogP contribution in [-0.2, 0) is 10.0 Å². The van der Waals surface area contributed by atoms with Crippen LogP contribution in [0, 0.1) is 5.92 Å². The maximum absolute atomic E-state index is 12.5. The van der Waals surface area contributed by atoms with E-state index in [0.29, 0.717) is 18.1 Å². The van der Waals surface area contributed by atoms with Crippen molar-refractivity contribution in [2.45, 2.75) is 37.1 Å². The molecule has 0 saturated heterocycles. The van der Waals surface area contributed by atoms with Crippen LogP contribution >= 0.6 is 11.6 Å². The Morgan fingerprint density at radius 3 is 2.81 bits per heavy atom. The predicted molar refractivity (Wildman–Crippen MR) is 82.0 cm³/mol. The zero-order chi connectivity index (χ0) is 14.9. The van der Waals surface area contributed by atoms with Gasteiger partial charge in [0.2, 0.25) is 0 Å². The molecule has 3 rings (SSSR count). The summed E-state index contributed by atoms with van der Waals surface area (Å²) in [5.41, 5.74) is 0.528. The minimum Gasteiger partial charge on any atom is -0.288 e. The number of imidazole rings is 1. The number of halogens is 1. The second-order valence-corrected chi connectivity index (χ2v) is 7.53. The van der Waals surface area contributed by atoms with Gasteiger partial charge in [-0.1, -0.05) is 36.9 Å². The number of nitrogens with zero attached hydrogens (tertiary/aromatic N) is 2. The molecule has 5 nitrogen and oxygen atoms in total. The summed E-state index contributed by atoms with van der Waals surface area (Å²) in [5.74, 6) is 0.423. The van der Waals surface area contributed by atoms with Crippen LogP contribution in [0.2, 0.25) is 5.15 Å². The fourth-order valence-electron chi connectivity index (χ4n) is 2.87. The number of hydrogen-bond acceptors (Lipinski definition) is 3. The number of sulfonamides is 1. The highest BCUT2D eigenvalue weighted by Crippen LogP contribution is 2.25. The highest BCUT2D eigenvalue weighted by atomic mass is 35.5. The van der Waals surface area contributed by atoms with Crippen molar-refractivity contribution in [1.82, 2.24) is 14.1 Å². The topological polar surface area (TPSA) is 63.5 Å². The number of fused-ring (bicyclic) bond motifs is 1. The second-order valence-electron chi connectivity index (χ2n) is 5.49. The van der Waals surface area contributed by atoms with Crippen LogP contribution in [0.1, 0.15) is 32.1 Å². The van der Waals surface area contributed by atoms with Gasteiger partial charge in [0.25, 0.3) is 10.0 Å². The third kappa shape index (κ3) is 3.07. The Labute approximate surface area is 129 Å². The third-order valence-corrected chi connectivity index (χ3v) is 5.81. The van der Waals surface area contributed by atoms with E-state index >= 15 is 0 Å². The Balaban J connectivity index is 1.84. The van der Waals surface area contributed by atoms with E-state index in [1.54, 1.807) is 24.4 Å². The van der Waals surface area contributed by atoms with Gasteiger partial charge in [-0.15, -0.1) is 0 Å². The Kier molecular flexibility index (Phi) is 4.19. The van der Waals surface area contributed by atoms with E-state index in [1.165, 1.54) is 23.7 Å². The molecule has 114 valence electrons. The lowest BCUT2D eigenvalue weighted by molar-refractivity contribution is 0.357. The molecule has 1 saturated carbocycles. The molecule has 0 radical (unpaired) electrons. The fraction of sp³-hybridized carbons (Fsp3) is 0.500. The van der Waals surface area contributed by atoms with Gasteiger partial charge in [0.1, 0.15) is 5.65 Å². The quantitative estimate of drug-likeness (QED) is 0.939. The number of rotatable bonds is 4. The molecule has 0 amide bonds. The second kappa shape index (κ2) is 5.94. The SMILES string of the molecule is O=S(=O)(NCC1CCCCC1)c1c(Cl)nc2ccccn12. The highest BCUT2D eigenvalue weighted by Gasteiger charge is 2.25. The van der Waals surface area contributed by atoms with Crippen LogP contribution in [0.4, 0.5) is 0 Å². The molecule has 21 heavy (non-hydrogen) atoms. The largest absolute Gasteiger partial charge is 0.288 e. The minimum atomic E-state index is -3.66. The van der Waals surface area contributed by atoms with Crippen LogP contribution < -0.4 is 4.72 Å². The Morgan fingerprint density at radius 1 is 1.29 bits per heavy atom. The van der Waals surface area contributed by atoms with E-state index in [2.05, 4.69) is 9.71 Å². The zero-order valence-electron chi connectivity index (χ0n) is 11.6. The monoisotopic (exact) mass is 327 g/mol. The molecule has 2 heterocycles. The lowest BCUT2D eigenvalue weighted by atomic mass is 9.90. The van der Waals surface area contributed by atoms with Crippen molar-refractivity contribution in [3.05, 3.63) is 29.5 Å². The highest BCUT2D eigenvalue weighted by molar-refractivity contribution is 7.89. The number of pyridine rings is 1. The van der Waals surface area contributed by atoms with E-state index in [0.717, 1.165) is 12.8 Å². The van der Waals surface area contributed by atoms with Gasteiger partial charge in [0.05, 0.1) is 0 Å². The number of aromatic nitrogens is 2. The summed E-state index contributed by atoms with van der Waals surface area (Å²) in [6, 6.07) is 5.28. The van der Waals surface area contributed by atoms with Crippen LogP contribution in [0.5, 0.6) is 0 Å². The average Bonchev–Trinajstić information content (AvgIpc) is 2.83. The Morgan fingerprint density at radius 2 is 2.05 bits per heavy atom. The van der Waals surface area contributed by atoms with Gasteiger partial charge in [-0.3, -0.25) is 4.40 Å². The summed E-state index contributed by atoms with van der Waals surface area (Å²) in [6.45, 7) is 0.471. The maximum Gasteiger partial charge on any atom is 0.259 e. The molecule has 1 aliphatic rings. The predicted octanol–water partition coefficient (Wildman–Crippen LogP) is 2.85. The molecular weight excluding hydrogens is 310 g/mol. The minimum absolute atomic E-state index is 0.0114. The van der Waals surface area contributed by atoms with Gasteiger partial charge < -0.3 is 0 Å². The molecule has 0 unspecified atom stereocenters. The van der Waals surface area contributed by atoms with Crippen molar-refractivity contribution >= 4 is 27.3 Å². The van der Waals surface area contributed by atoms with E-state index in [9.17, 15) is 8.42 Å². The molecule has 2 aromatic rings. The van der Waals surface area contributed by atoms with E-state index < -0.39 is 10.0 Å². The third-order valence-electron chi connectivity index (χ3n) is 3.99. The summed E-state index contributed by atoms with van der Waals surface area (Å²) in [6.07, 6.45) is 7.45. The van der Waals surface area contributed by atoms with Crippen molar-refractivity contribution in [1.29, 1.82) is 0 Å². The van der Waals surface area contributed by atoms with Crippen molar-refractivity contribution in [3.8, 4) is 0 Å². The van der Waals surface area contributed by atoms with Crippen molar-refractivity contribution in [3.63, 3.8) is 0 Å². The first-order valence-corrected chi connectivity index (χ1v) is 9.06. The standard InChI is InChI=1S/C14H18ClN3O2S/c15-13-14(18-9-5-4-8-12(18)17-13)21(19,20)16-10-11-6-2-1-3-7-11/h4-5,8-9,11,16H,1-3,6-7,10H2. The zero-order valence-corrected chi connectivity index (χ0v) is 13.2. The van der Waals surface area contributed by atoms with Crippen LogP contribution in [0.15, 0.2) is 29.4 Å². The van der Waals surface area contributed by atoms with Gasteiger partial charge in [0.15, 0.2) is 10.2 Å². The summed E-state index contributed by atoms with van der Waals surface area (Å²) < 4.78 is 29.2. The van der Waals surface area contributed by atoms with Crippen molar-refractivity contribution < 1.29 is 8.42 Å². The summed E-state index contributed by atoms with van der Waals surface area (Å²) in [5, 5.41) is 0.0351. The summed E-state index contributed by atoms with van der Waals surface area (Å²) in [7, 11) is -3.66. The van der Waals surface area contributed by atoms with Crippen LogP contribution in [0.25, 0.3) is 5.65 Å². The summed E-state index contributed by atoms with van der Waals surface area (Å²) >= 11 is 6.02. The lowest BCUT2D eigenvalue weighted by Crippen LogP contribution is -2.31. The first-order valence-electron chi connectivity index (χ1n) is 7.20. The van der Waals surface area contributed by atoms with Gasteiger partial charge in [0, 0.05) is 12.7 Å². The average molecular weight is 328 g/mol. The normalized spacial score (nSPS) is 17.4. The molecule has 0 atom stereocenters. The number of hydrogen-bond donors (Lipinski definition) is 1. The summed E-state index contributed by atoms with van der Waals surface area (Å²) in [4.78, 5) is 4.08. The molecule has 7 heteroatoms. The fourth-order valence-corrected chi connectivity index (χ4v) is 4.63. The van der Waals surface area contributed by atoms with Crippen molar-refractivity contribution in [2.24, 2.45) is 5.92 Å². The van der Waals surface area contributed by atoms with Gasteiger partial charge in [-0.25, -0.2) is 18.1 Å². The van der Waals surface area contributed by atoms with Gasteiger partial charge >= 0.3 is 0 Å². The molecular formula is C14H18ClN3O2S. The lowest BCUT2D eigenvalue weighted by Gasteiger charge is -2.21. The van der Waals surface area contributed by atoms with E-state index in [-0.39, 0.29) is 10.2 Å². The Hall–Kier alpha value is -1.11. The maximum atomic E-state index is 12.5. The first-order chi connectivity index (χ1) is 10.1. The molecule has 0 bridgehead atoms. The van der Waals surface area contributed by atoms with Gasteiger partial charge in [-0.2, -0.15) is 0 Å². The van der Waals surface area contributed by atoms with E-state index in [4.69, 9.17) is 11.6 Å². The molecule has 0 spiro atoms. The molecule has 1 N–H and O–H groups in total. The van der Waals surface area contributed by atoms with Crippen LogP contribution in [-0.4, -0.2) is 24.3 Å². The van der Waals surface area contributed by atoms with Crippen molar-refractivity contribution in [2.75, 3.05) is 6.54 Å².